The van der Waals surface area contributed by atoms with Crippen molar-refractivity contribution in [2.24, 2.45) is 0 Å². The van der Waals surface area contributed by atoms with E-state index in [1.807, 2.05) is 6.92 Å². The maximum absolute atomic E-state index is 14.7. The van der Waals surface area contributed by atoms with E-state index in [2.05, 4.69) is 32.4 Å². The van der Waals surface area contributed by atoms with E-state index >= 15 is 0 Å². The number of carbonyl (C=O) groups is 1. The smallest absolute Gasteiger partial charge is 0.258 e. The van der Waals surface area contributed by atoms with Gasteiger partial charge >= 0.3 is 0 Å². The number of nitrogens with zero attached hydrogens (tertiary/aromatic N) is 2. The Morgan fingerprint density at radius 2 is 2.03 bits per heavy atom. The number of aromatic nitrogens is 2. The Balaban J connectivity index is 1.59. The molecule has 1 saturated carbocycles. The highest BCUT2D eigenvalue weighted by Crippen LogP contribution is 2.40. The SMILES string of the molecule is CC#CCN[C@@H](C)COc1c(N)ncnc1-c1cc(F)cc(NC(=O)c2ccc(C3CC3)cc2F)c1C. The van der Waals surface area contributed by atoms with Crippen molar-refractivity contribution in [2.45, 2.75) is 45.6 Å². The van der Waals surface area contributed by atoms with Crippen LogP contribution in [0.5, 0.6) is 5.75 Å². The summed E-state index contributed by atoms with van der Waals surface area (Å²) >= 11 is 0. The van der Waals surface area contributed by atoms with Crippen LogP contribution in [0, 0.1) is 30.4 Å². The summed E-state index contributed by atoms with van der Waals surface area (Å²) in [4.78, 5) is 21.2. The third-order valence-corrected chi connectivity index (χ3v) is 6.19. The van der Waals surface area contributed by atoms with E-state index in [-0.39, 0.29) is 41.2 Å². The number of benzene rings is 2. The fourth-order valence-corrected chi connectivity index (χ4v) is 3.93. The zero-order valence-electron chi connectivity index (χ0n) is 21.0. The summed E-state index contributed by atoms with van der Waals surface area (Å²) in [5.41, 5.74) is 8.19. The van der Waals surface area contributed by atoms with Gasteiger partial charge in [0, 0.05) is 17.3 Å². The fraction of sp³-hybridized carbons (Fsp3) is 0.321. The number of nitrogens with two attached hydrogens (primary N) is 1. The van der Waals surface area contributed by atoms with Crippen LogP contribution >= 0.6 is 0 Å². The second-order valence-corrected chi connectivity index (χ2v) is 9.05. The van der Waals surface area contributed by atoms with Gasteiger partial charge in [-0.15, -0.1) is 5.92 Å². The molecule has 1 amide bonds. The molecule has 1 aliphatic carbocycles. The second-order valence-electron chi connectivity index (χ2n) is 9.05. The normalized spacial score (nSPS) is 13.4. The lowest BCUT2D eigenvalue weighted by Gasteiger charge is -2.18. The van der Waals surface area contributed by atoms with Crippen LogP contribution in [-0.2, 0) is 0 Å². The first-order valence-electron chi connectivity index (χ1n) is 12.1. The lowest BCUT2D eigenvalue weighted by atomic mass is 10.0. The van der Waals surface area contributed by atoms with E-state index in [1.165, 1.54) is 30.6 Å². The van der Waals surface area contributed by atoms with Gasteiger partial charge in [0.1, 0.15) is 30.3 Å². The highest BCUT2D eigenvalue weighted by Gasteiger charge is 2.25. The van der Waals surface area contributed by atoms with Gasteiger partial charge < -0.3 is 21.1 Å². The molecule has 192 valence electrons. The molecule has 1 fully saturated rings. The topological polar surface area (TPSA) is 102 Å². The molecule has 9 heteroatoms. The summed E-state index contributed by atoms with van der Waals surface area (Å²) in [7, 11) is 0. The van der Waals surface area contributed by atoms with Crippen molar-refractivity contribution >= 4 is 17.4 Å². The summed E-state index contributed by atoms with van der Waals surface area (Å²) in [5.74, 6) is 4.49. The van der Waals surface area contributed by atoms with E-state index in [1.54, 1.807) is 19.9 Å². The van der Waals surface area contributed by atoms with Gasteiger partial charge in [0.05, 0.1) is 12.1 Å². The maximum atomic E-state index is 14.7. The largest absolute Gasteiger partial charge is 0.486 e. The molecule has 3 aromatic rings. The molecule has 0 radical (unpaired) electrons. The highest BCUT2D eigenvalue weighted by molar-refractivity contribution is 6.05. The van der Waals surface area contributed by atoms with Crippen molar-refractivity contribution < 1.29 is 18.3 Å². The number of hydrogen-bond acceptors (Lipinski definition) is 6. The van der Waals surface area contributed by atoms with E-state index in [9.17, 15) is 13.6 Å². The molecule has 4 rings (SSSR count). The lowest BCUT2D eigenvalue weighted by molar-refractivity contribution is 0.102. The van der Waals surface area contributed by atoms with E-state index in [0.29, 0.717) is 23.6 Å². The Hall–Kier alpha value is -4.03. The molecular formula is C28H29F2N5O2. The minimum atomic E-state index is -0.673. The van der Waals surface area contributed by atoms with Crippen LogP contribution in [0.3, 0.4) is 0 Å². The monoisotopic (exact) mass is 505 g/mol. The number of hydrogen-bond donors (Lipinski definition) is 3. The van der Waals surface area contributed by atoms with Gasteiger partial charge in [-0.05, 0) is 74.9 Å². The van der Waals surface area contributed by atoms with Gasteiger partial charge in [-0.2, -0.15) is 0 Å². The molecular weight excluding hydrogens is 476 g/mol. The number of ether oxygens (including phenoxy) is 1. The van der Waals surface area contributed by atoms with Gasteiger partial charge in [-0.1, -0.05) is 12.0 Å². The van der Waals surface area contributed by atoms with Crippen LogP contribution in [0.1, 0.15) is 54.1 Å². The summed E-state index contributed by atoms with van der Waals surface area (Å²) in [5, 5.41) is 5.84. The Labute approximate surface area is 214 Å². The molecule has 1 aromatic heterocycles. The van der Waals surface area contributed by atoms with Crippen molar-refractivity contribution in [1.82, 2.24) is 15.3 Å². The Bertz CT molecular complexity index is 1380. The molecule has 0 bridgehead atoms. The van der Waals surface area contributed by atoms with Crippen molar-refractivity contribution in [3.63, 3.8) is 0 Å². The molecule has 1 heterocycles. The minimum Gasteiger partial charge on any atom is -0.486 e. The zero-order chi connectivity index (χ0) is 26.5. The molecule has 1 aliphatic rings. The van der Waals surface area contributed by atoms with Gasteiger partial charge in [0.2, 0.25) is 0 Å². The number of nitrogen functional groups attached to an aromatic ring is 1. The number of anilines is 2. The summed E-state index contributed by atoms with van der Waals surface area (Å²) < 4.78 is 35.3. The van der Waals surface area contributed by atoms with Gasteiger partial charge in [0.25, 0.3) is 5.91 Å². The second kappa shape index (κ2) is 11.4. The average molecular weight is 506 g/mol. The quantitative estimate of drug-likeness (QED) is 0.361. The predicted octanol–water partition coefficient (Wildman–Crippen LogP) is 4.82. The Morgan fingerprint density at radius 3 is 2.73 bits per heavy atom. The van der Waals surface area contributed by atoms with E-state index < -0.39 is 17.5 Å². The maximum Gasteiger partial charge on any atom is 0.258 e. The third kappa shape index (κ3) is 6.22. The molecule has 37 heavy (non-hydrogen) atoms. The Kier molecular flexibility index (Phi) is 7.99. The van der Waals surface area contributed by atoms with Crippen LogP contribution in [-0.4, -0.2) is 35.1 Å². The van der Waals surface area contributed by atoms with Crippen molar-refractivity contribution in [3.8, 4) is 28.8 Å². The zero-order valence-corrected chi connectivity index (χ0v) is 21.0. The standard InChI is InChI=1S/C28H29F2N5O2/c1-4-5-10-32-16(2)14-37-26-25(33-15-34-27(26)31)22-12-20(29)13-24(17(22)3)35-28(36)21-9-8-19(11-23(21)30)18-6-7-18/h8-9,11-13,15-16,18,32H,6-7,10,14H2,1-3H3,(H,35,36)(H2,31,33,34)/t16-/m0/s1. The van der Waals surface area contributed by atoms with E-state index in [0.717, 1.165) is 18.4 Å². The number of nitrogens with one attached hydrogen (secondary N) is 2. The highest BCUT2D eigenvalue weighted by atomic mass is 19.1. The number of amides is 1. The number of halogens is 2. The van der Waals surface area contributed by atoms with Crippen LogP contribution < -0.4 is 21.1 Å². The molecule has 2 aromatic carbocycles. The van der Waals surface area contributed by atoms with Crippen molar-refractivity contribution in [2.75, 3.05) is 24.2 Å². The molecule has 4 N–H and O–H groups in total. The summed E-state index contributed by atoms with van der Waals surface area (Å²) in [6.07, 6.45) is 3.31. The summed E-state index contributed by atoms with van der Waals surface area (Å²) in [6.45, 7) is 6.13. The first-order valence-corrected chi connectivity index (χ1v) is 12.1. The molecule has 0 aliphatic heterocycles. The van der Waals surface area contributed by atoms with Crippen molar-refractivity contribution in [3.05, 3.63) is 65.0 Å². The van der Waals surface area contributed by atoms with Crippen LogP contribution in [0.15, 0.2) is 36.7 Å². The first kappa shape index (κ1) is 26.0. The minimum absolute atomic E-state index is 0.0574. The molecule has 0 spiro atoms. The van der Waals surface area contributed by atoms with Gasteiger partial charge in [-0.3, -0.25) is 4.79 Å². The van der Waals surface area contributed by atoms with Crippen molar-refractivity contribution in [1.29, 1.82) is 0 Å². The van der Waals surface area contributed by atoms with Crippen LogP contribution in [0.2, 0.25) is 0 Å². The summed E-state index contributed by atoms with van der Waals surface area (Å²) in [6, 6.07) is 7.03. The number of rotatable bonds is 9. The lowest BCUT2D eigenvalue weighted by Crippen LogP contribution is -2.32. The molecule has 0 unspecified atom stereocenters. The average Bonchev–Trinajstić information content (AvgIpc) is 3.71. The molecule has 1 atom stereocenters. The number of carbonyl (C=O) groups excluding carboxylic acids is 1. The first-order chi connectivity index (χ1) is 17.8. The predicted molar refractivity (Wildman–Crippen MR) is 139 cm³/mol. The Morgan fingerprint density at radius 1 is 1.24 bits per heavy atom. The van der Waals surface area contributed by atoms with Gasteiger partial charge in [0.15, 0.2) is 11.6 Å². The van der Waals surface area contributed by atoms with Crippen LogP contribution in [0.4, 0.5) is 20.3 Å². The fourth-order valence-electron chi connectivity index (χ4n) is 3.93. The molecule has 0 saturated heterocycles. The van der Waals surface area contributed by atoms with Gasteiger partial charge in [-0.25, -0.2) is 18.7 Å². The third-order valence-electron chi connectivity index (χ3n) is 6.19. The van der Waals surface area contributed by atoms with E-state index in [4.69, 9.17) is 10.5 Å². The van der Waals surface area contributed by atoms with Crippen LogP contribution in [0.25, 0.3) is 11.3 Å². The molecule has 7 nitrogen and oxygen atoms in total.